The molecule has 0 amide bonds. The first-order chi connectivity index (χ1) is 10.7. The van der Waals surface area contributed by atoms with Crippen LogP contribution in [-0.4, -0.2) is 26.7 Å². The molecule has 1 aliphatic carbocycles. The van der Waals surface area contributed by atoms with Gasteiger partial charge in [-0.1, -0.05) is 25.0 Å². The highest BCUT2D eigenvalue weighted by Gasteiger charge is 2.18. The van der Waals surface area contributed by atoms with Gasteiger partial charge in [0.2, 0.25) is 5.95 Å². The summed E-state index contributed by atoms with van der Waals surface area (Å²) < 4.78 is 0. The second-order valence-electron chi connectivity index (χ2n) is 5.77. The van der Waals surface area contributed by atoms with E-state index in [4.69, 9.17) is 0 Å². The Morgan fingerprint density at radius 3 is 2.59 bits per heavy atom. The Hall–Kier alpha value is -2.14. The first-order valence-corrected chi connectivity index (χ1v) is 7.76. The fourth-order valence-electron chi connectivity index (χ4n) is 2.91. The molecular weight excluding hydrogens is 278 g/mol. The minimum atomic E-state index is -0.667. The van der Waals surface area contributed by atoms with Gasteiger partial charge in [-0.25, -0.2) is 9.97 Å². The summed E-state index contributed by atoms with van der Waals surface area (Å²) in [4.78, 5) is 8.78. The summed E-state index contributed by atoms with van der Waals surface area (Å²) in [6.07, 6.45) is 6.06. The maximum absolute atomic E-state index is 10.2. The summed E-state index contributed by atoms with van der Waals surface area (Å²) in [5.74, 6) is 1.30. The van der Waals surface area contributed by atoms with Crippen LogP contribution in [0.1, 0.15) is 49.0 Å². The average molecular weight is 299 g/mol. The molecule has 1 fully saturated rings. The molecule has 1 heterocycles. The zero-order chi connectivity index (χ0) is 15.4. The Kier molecular flexibility index (Phi) is 4.53. The van der Waals surface area contributed by atoms with Gasteiger partial charge in [-0.2, -0.15) is 0 Å². The monoisotopic (exact) mass is 299 g/mol. The molecule has 1 aromatic heterocycles. The van der Waals surface area contributed by atoms with Gasteiger partial charge in [0.05, 0.1) is 6.10 Å². The van der Waals surface area contributed by atoms with E-state index in [1.165, 1.54) is 25.7 Å². The Bertz CT molecular complexity index is 610. The minimum Gasteiger partial charge on any atom is -0.508 e. The Labute approximate surface area is 130 Å². The van der Waals surface area contributed by atoms with E-state index in [1.807, 2.05) is 6.07 Å². The number of nitrogens with zero attached hydrogens (tertiary/aromatic N) is 2. The van der Waals surface area contributed by atoms with Crippen LogP contribution in [0.5, 0.6) is 5.75 Å². The third-order valence-electron chi connectivity index (χ3n) is 4.18. The number of hydrogen-bond acceptors (Lipinski definition) is 5. The lowest BCUT2D eigenvalue weighted by molar-refractivity contribution is 0.191. The summed E-state index contributed by atoms with van der Waals surface area (Å²) in [5.41, 5.74) is 1.84. The fourth-order valence-corrected chi connectivity index (χ4v) is 2.91. The molecule has 5 heteroatoms. The quantitative estimate of drug-likeness (QED) is 0.791. The van der Waals surface area contributed by atoms with E-state index >= 15 is 0 Å². The van der Waals surface area contributed by atoms with Gasteiger partial charge < -0.3 is 15.5 Å². The van der Waals surface area contributed by atoms with Gasteiger partial charge in [-0.3, -0.25) is 0 Å². The number of hydrogen-bond donors (Lipinski definition) is 3. The van der Waals surface area contributed by atoms with Crippen molar-refractivity contribution in [3.05, 3.63) is 47.8 Å². The number of anilines is 1. The molecular formula is C17H21N3O2. The molecule has 2 aromatic rings. The van der Waals surface area contributed by atoms with Crippen LogP contribution in [0, 0.1) is 0 Å². The maximum atomic E-state index is 10.2. The molecule has 116 valence electrons. The Morgan fingerprint density at radius 2 is 1.86 bits per heavy atom. The zero-order valence-corrected chi connectivity index (χ0v) is 12.4. The fraction of sp³-hybridized carbons (Fsp3) is 0.412. The van der Waals surface area contributed by atoms with Crippen LogP contribution in [0.3, 0.4) is 0 Å². The van der Waals surface area contributed by atoms with Crippen LogP contribution >= 0.6 is 0 Å². The van der Waals surface area contributed by atoms with Crippen molar-refractivity contribution in [3.8, 4) is 5.75 Å². The predicted octanol–water partition coefficient (Wildman–Crippen LogP) is 2.99. The van der Waals surface area contributed by atoms with Gasteiger partial charge >= 0.3 is 0 Å². The first kappa shape index (κ1) is 14.8. The molecule has 0 radical (unpaired) electrons. The lowest BCUT2D eigenvalue weighted by Crippen LogP contribution is -2.14. The molecule has 3 N–H and O–H groups in total. The summed E-state index contributed by atoms with van der Waals surface area (Å²) in [6.45, 7) is 0.332. The zero-order valence-electron chi connectivity index (χ0n) is 12.4. The van der Waals surface area contributed by atoms with Gasteiger partial charge in [0.1, 0.15) is 5.75 Å². The molecule has 0 unspecified atom stereocenters. The van der Waals surface area contributed by atoms with Crippen molar-refractivity contribution in [2.75, 3.05) is 11.9 Å². The van der Waals surface area contributed by atoms with Crippen LogP contribution in [0.4, 0.5) is 5.95 Å². The van der Waals surface area contributed by atoms with Gasteiger partial charge in [0.25, 0.3) is 0 Å². The highest BCUT2D eigenvalue weighted by Crippen LogP contribution is 2.33. The number of aliphatic hydroxyl groups excluding tert-OH is 1. The molecule has 1 aliphatic rings. The van der Waals surface area contributed by atoms with Crippen LogP contribution in [-0.2, 0) is 0 Å². The number of aliphatic hydroxyl groups is 1. The molecule has 0 aliphatic heterocycles. The third kappa shape index (κ3) is 3.54. The summed E-state index contributed by atoms with van der Waals surface area (Å²) in [7, 11) is 0. The molecule has 0 spiro atoms. The number of phenols is 1. The molecule has 1 aromatic carbocycles. The molecule has 0 saturated heterocycles. The predicted molar refractivity (Wildman–Crippen MR) is 84.8 cm³/mol. The molecule has 22 heavy (non-hydrogen) atoms. The second-order valence-corrected chi connectivity index (χ2v) is 5.77. The van der Waals surface area contributed by atoms with E-state index in [-0.39, 0.29) is 5.75 Å². The lowest BCUT2D eigenvalue weighted by atomic mass is 10.0. The van der Waals surface area contributed by atoms with Crippen molar-refractivity contribution >= 4 is 5.95 Å². The van der Waals surface area contributed by atoms with Gasteiger partial charge in [-0.15, -0.1) is 0 Å². The van der Waals surface area contributed by atoms with E-state index < -0.39 is 6.10 Å². The molecule has 5 nitrogen and oxygen atoms in total. The minimum absolute atomic E-state index is 0.191. The number of rotatable bonds is 5. The van der Waals surface area contributed by atoms with Crippen molar-refractivity contribution in [2.45, 2.75) is 37.7 Å². The SMILES string of the molecule is Oc1ccc([C@@H](O)CNc2nccc(C3CCCC3)n2)cc1. The largest absolute Gasteiger partial charge is 0.508 e. The smallest absolute Gasteiger partial charge is 0.222 e. The van der Waals surface area contributed by atoms with E-state index in [0.29, 0.717) is 18.4 Å². The Morgan fingerprint density at radius 1 is 1.14 bits per heavy atom. The molecule has 1 atom stereocenters. The van der Waals surface area contributed by atoms with Gasteiger partial charge in [0, 0.05) is 24.4 Å². The molecule has 1 saturated carbocycles. The second kappa shape index (κ2) is 6.75. The van der Waals surface area contributed by atoms with Gasteiger partial charge in [-0.05, 0) is 36.6 Å². The van der Waals surface area contributed by atoms with Gasteiger partial charge in [0.15, 0.2) is 0 Å². The van der Waals surface area contributed by atoms with Crippen LogP contribution in [0.15, 0.2) is 36.5 Å². The summed E-state index contributed by atoms with van der Waals surface area (Å²) in [6, 6.07) is 8.53. The number of aromatic hydroxyl groups is 1. The van der Waals surface area contributed by atoms with Crippen LogP contribution in [0.2, 0.25) is 0 Å². The van der Waals surface area contributed by atoms with Crippen molar-refractivity contribution in [1.82, 2.24) is 9.97 Å². The number of benzene rings is 1. The highest BCUT2D eigenvalue weighted by molar-refractivity contribution is 5.30. The van der Waals surface area contributed by atoms with Crippen molar-refractivity contribution in [1.29, 1.82) is 0 Å². The topological polar surface area (TPSA) is 78.3 Å². The van der Waals surface area contributed by atoms with Crippen LogP contribution < -0.4 is 5.32 Å². The summed E-state index contributed by atoms with van der Waals surface area (Å²) >= 11 is 0. The van der Waals surface area contributed by atoms with E-state index in [2.05, 4.69) is 15.3 Å². The molecule has 3 rings (SSSR count). The Balaban J connectivity index is 1.61. The first-order valence-electron chi connectivity index (χ1n) is 7.76. The normalized spacial score (nSPS) is 16.6. The van der Waals surface area contributed by atoms with Crippen molar-refractivity contribution in [3.63, 3.8) is 0 Å². The lowest BCUT2D eigenvalue weighted by Gasteiger charge is -2.14. The van der Waals surface area contributed by atoms with E-state index in [1.54, 1.807) is 30.5 Å². The molecule has 0 bridgehead atoms. The highest BCUT2D eigenvalue weighted by atomic mass is 16.3. The van der Waals surface area contributed by atoms with E-state index in [9.17, 15) is 10.2 Å². The average Bonchev–Trinajstić information content (AvgIpc) is 3.08. The number of phenolic OH excluding ortho intramolecular Hbond substituents is 1. The standard InChI is InChI=1S/C17H21N3O2/c21-14-7-5-13(6-8-14)16(22)11-19-17-18-10-9-15(20-17)12-3-1-2-4-12/h5-10,12,16,21-22H,1-4,11H2,(H,18,19,20)/t16-/m0/s1. The number of aromatic nitrogens is 2. The third-order valence-corrected chi connectivity index (χ3v) is 4.18. The van der Waals surface area contributed by atoms with E-state index in [0.717, 1.165) is 11.3 Å². The van der Waals surface area contributed by atoms with Crippen molar-refractivity contribution < 1.29 is 10.2 Å². The van der Waals surface area contributed by atoms with Crippen molar-refractivity contribution in [2.24, 2.45) is 0 Å². The maximum Gasteiger partial charge on any atom is 0.222 e. The van der Waals surface area contributed by atoms with Crippen LogP contribution in [0.25, 0.3) is 0 Å². The summed E-state index contributed by atoms with van der Waals surface area (Å²) in [5, 5.41) is 22.5. The number of nitrogens with one attached hydrogen (secondary N) is 1.